The number of amides is 1. The van der Waals surface area contributed by atoms with Crippen LogP contribution in [0.4, 0.5) is 5.69 Å². The quantitative estimate of drug-likeness (QED) is 0.521. The number of non-ortho nitro benzene ring substituents is 1. The standard InChI is InChI=1S/C16H14N4O3/c1-12(18-19-16(21)14-8-10-17-11-9-14)2-3-13-4-6-15(7-5-13)20(22)23/h2-11H,1H3,(H,19,21)/b3-2-,18-12+. The number of rotatable bonds is 5. The van der Waals surface area contributed by atoms with Gasteiger partial charge in [-0.15, -0.1) is 0 Å². The molecule has 0 unspecified atom stereocenters. The third-order valence-electron chi connectivity index (χ3n) is 2.90. The van der Waals surface area contributed by atoms with Gasteiger partial charge in [-0.05, 0) is 42.8 Å². The Morgan fingerprint density at radius 3 is 2.48 bits per heavy atom. The van der Waals surface area contributed by atoms with E-state index in [1.807, 2.05) is 0 Å². The molecule has 7 heteroatoms. The molecule has 7 nitrogen and oxygen atoms in total. The molecule has 0 radical (unpaired) electrons. The number of hydrogen-bond acceptors (Lipinski definition) is 5. The van der Waals surface area contributed by atoms with E-state index in [0.29, 0.717) is 11.3 Å². The van der Waals surface area contributed by atoms with Gasteiger partial charge in [0.05, 0.1) is 10.6 Å². The molecular formula is C16H14N4O3. The average Bonchev–Trinajstić information content (AvgIpc) is 2.59. The van der Waals surface area contributed by atoms with Crippen molar-refractivity contribution in [3.8, 4) is 0 Å². The Morgan fingerprint density at radius 2 is 1.87 bits per heavy atom. The minimum absolute atomic E-state index is 0.0390. The van der Waals surface area contributed by atoms with Crippen LogP contribution in [0.1, 0.15) is 22.8 Å². The van der Waals surface area contributed by atoms with Crippen molar-refractivity contribution in [2.45, 2.75) is 6.92 Å². The predicted octanol–water partition coefficient (Wildman–Crippen LogP) is 2.81. The van der Waals surface area contributed by atoms with Gasteiger partial charge >= 0.3 is 0 Å². The lowest BCUT2D eigenvalue weighted by atomic mass is 10.2. The molecule has 1 N–H and O–H groups in total. The van der Waals surface area contributed by atoms with E-state index >= 15 is 0 Å². The van der Waals surface area contributed by atoms with E-state index in [2.05, 4.69) is 15.5 Å². The molecule has 0 fully saturated rings. The van der Waals surface area contributed by atoms with E-state index in [4.69, 9.17) is 0 Å². The van der Waals surface area contributed by atoms with E-state index in [1.54, 1.807) is 43.3 Å². The van der Waals surface area contributed by atoms with Gasteiger partial charge in [0.15, 0.2) is 0 Å². The molecule has 116 valence electrons. The van der Waals surface area contributed by atoms with E-state index in [9.17, 15) is 14.9 Å². The maximum Gasteiger partial charge on any atom is 0.271 e. The zero-order valence-corrected chi connectivity index (χ0v) is 12.3. The van der Waals surface area contributed by atoms with Crippen molar-refractivity contribution in [3.63, 3.8) is 0 Å². The lowest BCUT2D eigenvalue weighted by Gasteiger charge is -1.99. The number of nitro benzene ring substituents is 1. The zero-order valence-electron chi connectivity index (χ0n) is 12.3. The van der Waals surface area contributed by atoms with Crippen molar-refractivity contribution in [2.24, 2.45) is 5.10 Å². The topological polar surface area (TPSA) is 97.5 Å². The molecule has 1 aromatic carbocycles. The third-order valence-corrected chi connectivity index (χ3v) is 2.90. The van der Waals surface area contributed by atoms with Crippen molar-refractivity contribution in [1.29, 1.82) is 0 Å². The highest BCUT2D eigenvalue weighted by molar-refractivity contribution is 5.99. The van der Waals surface area contributed by atoms with Crippen LogP contribution < -0.4 is 5.43 Å². The Labute approximate surface area is 132 Å². The summed E-state index contributed by atoms with van der Waals surface area (Å²) < 4.78 is 0. The van der Waals surface area contributed by atoms with Crippen molar-refractivity contribution >= 4 is 23.4 Å². The first kappa shape index (κ1) is 16.0. The van der Waals surface area contributed by atoms with Crippen molar-refractivity contribution in [3.05, 3.63) is 76.1 Å². The summed E-state index contributed by atoms with van der Waals surface area (Å²) in [5.41, 5.74) is 4.33. The molecule has 2 rings (SSSR count). The van der Waals surface area contributed by atoms with Crippen molar-refractivity contribution < 1.29 is 9.72 Å². The Hall–Kier alpha value is -3.35. The van der Waals surface area contributed by atoms with Crippen LogP contribution in [-0.2, 0) is 0 Å². The van der Waals surface area contributed by atoms with Gasteiger partial charge in [0, 0.05) is 30.1 Å². The second kappa shape index (κ2) is 7.60. The van der Waals surface area contributed by atoms with Gasteiger partial charge in [-0.2, -0.15) is 5.10 Å². The van der Waals surface area contributed by atoms with Gasteiger partial charge in [0.1, 0.15) is 0 Å². The van der Waals surface area contributed by atoms with Crippen LogP contribution in [-0.4, -0.2) is 21.5 Å². The second-order valence-electron chi connectivity index (χ2n) is 4.61. The lowest BCUT2D eigenvalue weighted by molar-refractivity contribution is -0.384. The highest BCUT2D eigenvalue weighted by Gasteiger charge is 2.03. The molecule has 1 aromatic heterocycles. The first-order valence-corrected chi connectivity index (χ1v) is 6.73. The monoisotopic (exact) mass is 310 g/mol. The molecule has 0 bridgehead atoms. The summed E-state index contributed by atoms with van der Waals surface area (Å²) in [5.74, 6) is -0.324. The van der Waals surface area contributed by atoms with Crippen LogP contribution in [0.5, 0.6) is 0 Å². The number of nitrogens with one attached hydrogen (secondary N) is 1. The summed E-state index contributed by atoms with van der Waals surface area (Å²) >= 11 is 0. The fourth-order valence-electron chi connectivity index (χ4n) is 1.67. The van der Waals surface area contributed by atoms with Gasteiger partial charge in [-0.1, -0.05) is 6.08 Å². The smallest absolute Gasteiger partial charge is 0.267 e. The number of aromatic nitrogens is 1. The third kappa shape index (κ3) is 4.85. The number of hydrogen-bond donors (Lipinski definition) is 1. The fraction of sp³-hybridized carbons (Fsp3) is 0.0625. The van der Waals surface area contributed by atoms with Gasteiger partial charge in [0.25, 0.3) is 11.6 Å². The molecule has 2 aromatic rings. The highest BCUT2D eigenvalue weighted by atomic mass is 16.6. The van der Waals surface area contributed by atoms with Gasteiger partial charge in [-0.25, -0.2) is 5.43 Å². The van der Waals surface area contributed by atoms with Crippen LogP contribution in [0.25, 0.3) is 6.08 Å². The SMILES string of the molecule is CC(/C=C\c1ccc([N+](=O)[O-])cc1)=N\NC(=O)c1ccncc1. The van der Waals surface area contributed by atoms with Crippen molar-refractivity contribution in [2.75, 3.05) is 0 Å². The minimum Gasteiger partial charge on any atom is -0.267 e. The summed E-state index contributed by atoms with van der Waals surface area (Å²) in [6.45, 7) is 1.73. The number of carbonyl (C=O) groups excluding carboxylic acids is 1. The molecule has 0 saturated carbocycles. The van der Waals surface area contributed by atoms with Gasteiger partial charge in [0.2, 0.25) is 0 Å². The molecule has 0 spiro atoms. The summed E-state index contributed by atoms with van der Waals surface area (Å²) in [4.78, 5) is 25.7. The summed E-state index contributed by atoms with van der Waals surface area (Å²) in [7, 11) is 0. The summed E-state index contributed by atoms with van der Waals surface area (Å²) in [6.07, 6.45) is 6.51. The van der Waals surface area contributed by atoms with Crippen LogP contribution in [0.2, 0.25) is 0 Å². The second-order valence-corrected chi connectivity index (χ2v) is 4.61. The van der Waals surface area contributed by atoms with Crippen LogP contribution in [0.15, 0.2) is 60.0 Å². The molecule has 1 heterocycles. The fourth-order valence-corrected chi connectivity index (χ4v) is 1.67. The number of hydrazone groups is 1. The van der Waals surface area contributed by atoms with E-state index < -0.39 is 4.92 Å². The van der Waals surface area contributed by atoms with Gasteiger partial charge in [-0.3, -0.25) is 19.9 Å². The molecule has 0 aliphatic rings. The Balaban J connectivity index is 1.96. The number of pyridine rings is 1. The number of allylic oxidation sites excluding steroid dienone is 1. The predicted molar refractivity (Wildman–Crippen MR) is 86.9 cm³/mol. The largest absolute Gasteiger partial charge is 0.271 e. The molecule has 0 atom stereocenters. The Morgan fingerprint density at radius 1 is 1.22 bits per heavy atom. The van der Waals surface area contributed by atoms with E-state index in [0.717, 1.165) is 5.56 Å². The lowest BCUT2D eigenvalue weighted by Crippen LogP contribution is -2.18. The summed E-state index contributed by atoms with van der Waals surface area (Å²) in [5, 5.41) is 14.5. The minimum atomic E-state index is -0.450. The Bertz CT molecular complexity index is 753. The molecule has 0 saturated heterocycles. The molecule has 1 amide bonds. The zero-order chi connectivity index (χ0) is 16.7. The van der Waals surface area contributed by atoms with Gasteiger partial charge < -0.3 is 0 Å². The average molecular weight is 310 g/mol. The first-order chi connectivity index (χ1) is 11.1. The van der Waals surface area contributed by atoms with E-state index in [-0.39, 0.29) is 11.6 Å². The molecule has 0 aliphatic heterocycles. The number of nitro groups is 1. The van der Waals surface area contributed by atoms with E-state index in [1.165, 1.54) is 24.5 Å². The maximum atomic E-state index is 11.8. The van der Waals surface area contributed by atoms with Crippen LogP contribution in [0, 0.1) is 10.1 Å². The Kier molecular flexibility index (Phi) is 5.30. The maximum absolute atomic E-state index is 11.8. The van der Waals surface area contributed by atoms with Crippen LogP contribution in [0.3, 0.4) is 0 Å². The normalized spacial score (nSPS) is 11.4. The van der Waals surface area contributed by atoms with Crippen molar-refractivity contribution in [1.82, 2.24) is 10.4 Å². The molecule has 23 heavy (non-hydrogen) atoms. The number of carbonyl (C=O) groups is 1. The molecule has 0 aliphatic carbocycles. The number of benzene rings is 1. The van der Waals surface area contributed by atoms with Crippen LogP contribution >= 0.6 is 0 Å². The highest BCUT2D eigenvalue weighted by Crippen LogP contribution is 2.12. The summed E-state index contributed by atoms with van der Waals surface area (Å²) in [6, 6.07) is 9.31. The molecular weight excluding hydrogens is 296 g/mol. The number of nitrogens with zero attached hydrogens (tertiary/aromatic N) is 3. The first-order valence-electron chi connectivity index (χ1n) is 6.73.